The summed E-state index contributed by atoms with van der Waals surface area (Å²) >= 11 is 5.71. The molecule has 0 saturated heterocycles. The van der Waals surface area contributed by atoms with E-state index in [9.17, 15) is 9.18 Å². The molecular weight excluding hydrogens is 269 g/mol. The Labute approximate surface area is 118 Å². The third-order valence-corrected chi connectivity index (χ3v) is 3.06. The molecule has 1 unspecified atom stereocenters. The zero-order valence-electron chi connectivity index (χ0n) is 11.4. The summed E-state index contributed by atoms with van der Waals surface area (Å²) in [4.78, 5) is 11.6. The number of methoxy groups -OCH3 is 1. The summed E-state index contributed by atoms with van der Waals surface area (Å²) in [6, 6.07) is 4.37. The second-order valence-corrected chi connectivity index (χ2v) is 5.21. The van der Waals surface area contributed by atoms with E-state index < -0.39 is 11.9 Å². The van der Waals surface area contributed by atoms with E-state index in [1.807, 2.05) is 13.8 Å². The minimum absolute atomic E-state index is 0.0813. The number of hydrogen-bond donors (Lipinski definition) is 1. The molecule has 0 aliphatic rings. The molecule has 0 aliphatic heterocycles. The van der Waals surface area contributed by atoms with Gasteiger partial charge in [0.25, 0.3) is 0 Å². The molecule has 0 fully saturated rings. The lowest BCUT2D eigenvalue weighted by Crippen LogP contribution is -2.38. The van der Waals surface area contributed by atoms with Crippen molar-refractivity contribution in [2.24, 2.45) is 5.92 Å². The van der Waals surface area contributed by atoms with Crippen molar-refractivity contribution >= 4 is 17.6 Å². The molecule has 0 radical (unpaired) electrons. The highest BCUT2D eigenvalue weighted by molar-refractivity contribution is 6.30. The third-order valence-electron chi connectivity index (χ3n) is 2.76. The lowest BCUT2D eigenvalue weighted by molar-refractivity contribution is -0.143. The van der Waals surface area contributed by atoms with Crippen molar-refractivity contribution in [1.82, 2.24) is 5.32 Å². The van der Waals surface area contributed by atoms with Crippen LogP contribution in [0.2, 0.25) is 5.02 Å². The van der Waals surface area contributed by atoms with E-state index in [0.29, 0.717) is 17.9 Å². The zero-order chi connectivity index (χ0) is 14.4. The van der Waals surface area contributed by atoms with Crippen LogP contribution >= 0.6 is 11.6 Å². The van der Waals surface area contributed by atoms with Crippen molar-refractivity contribution in [3.63, 3.8) is 0 Å². The number of hydrogen-bond acceptors (Lipinski definition) is 3. The van der Waals surface area contributed by atoms with E-state index in [1.54, 1.807) is 12.1 Å². The zero-order valence-corrected chi connectivity index (χ0v) is 12.1. The smallest absolute Gasteiger partial charge is 0.322 e. The van der Waals surface area contributed by atoms with Crippen LogP contribution in [0.3, 0.4) is 0 Å². The van der Waals surface area contributed by atoms with Gasteiger partial charge < -0.3 is 10.1 Å². The van der Waals surface area contributed by atoms with Crippen LogP contribution in [0.4, 0.5) is 4.39 Å². The monoisotopic (exact) mass is 287 g/mol. The molecule has 0 bridgehead atoms. The minimum atomic E-state index is -0.454. The van der Waals surface area contributed by atoms with E-state index in [-0.39, 0.29) is 17.5 Å². The quantitative estimate of drug-likeness (QED) is 0.817. The SMILES string of the molecule is COC(=O)C(CC(C)C)NCc1cccc(Cl)c1F. The maximum Gasteiger partial charge on any atom is 0.322 e. The molecule has 0 heterocycles. The number of rotatable bonds is 6. The van der Waals surface area contributed by atoms with Crippen LogP contribution in [-0.4, -0.2) is 19.1 Å². The maximum absolute atomic E-state index is 13.7. The van der Waals surface area contributed by atoms with Crippen LogP contribution in [0.15, 0.2) is 18.2 Å². The molecule has 0 spiro atoms. The lowest BCUT2D eigenvalue weighted by atomic mass is 10.0. The van der Waals surface area contributed by atoms with Gasteiger partial charge in [0.05, 0.1) is 12.1 Å². The Hall–Kier alpha value is -1.13. The second kappa shape index (κ2) is 7.46. The standard InChI is InChI=1S/C14H19ClFNO2/c1-9(2)7-12(14(18)19-3)17-8-10-5-4-6-11(15)13(10)16/h4-6,9,12,17H,7-8H2,1-3H3. The molecule has 5 heteroatoms. The molecule has 1 rings (SSSR count). The van der Waals surface area contributed by atoms with Crippen LogP contribution in [0.25, 0.3) is 0 Å². The first-order valence-electron chi connectivity index (χ1n) is 6.19. The summed E-state index contributed by atoms with van der Waals surface area (Å²) < 4.78 is 18.4. The Kier molecular flexibility index (Phi) is 6.25. The van der Waals surface area contributed by atoms with Crippen molar-refractivity contribution in [1.29, 1.82) is 0 Å². The number of benzene rings is 1. The van der Waals surface area contributed by atoms with Gasteiger partial charge >= 0.3 is 5.97 Å². The lowest BCUT2D eigenvalue weighted by Gasteiger charge is -2.18. The summed E-state index contributed by atoms with van der Waals surface area (Å²) in [7, 11) is 1.34. The first-order chi connectivity index (χ1) is 8.95. The Bertz CT molecular complexity index is 437. The van der Waals surface area contributed by atoms with Crippen molar-refractivity contribution in [2.45, 2.75) is 32.9 Å². The fourth-order valence-electron chi connectivity index (χ4n) is 1.79. The van der Waals surface area contributed by atoms with Crippen LogP contribution in [0.5, 0.6) is 0 Å². The Balaban J connectivity index is 2.70. The van der Waals surface area contributed by atoms with Gasteiger partial charge in [0, 0.05) is 12.1 Å². The Morgan fingerprint density at radius 1 is 1.47 bits per heavy atom. The number of nitrogens with one attached hydrogen (secondary N) is 1. The molecule has 106 valence electrons. The Morgan fingerprint density at radius 2 is 2.16 bits per heavy atom. The van der Waals surface area contributed by atoms with Gasteiger partial charge in [-0.1, -0.05) is 37.6 Å². The molecule has 1 N–H and O–H groups in total. The predicted molar refractivity (Wildman–Crippen MR) is 73.5 cm³/mol. The highest BCUT2D eigenvalue weighted by Crippen LogP contribution is 2.18. The molecule has 0 aliphatic carbocycles. The summed E-state index contributed by atoms with van der Waals surface area (Å²) in [5.74, 6) is -0.457. The molecule has 0 aromatic heterocycles. The van der Waals surface area contributed by atoms with E-state index in [4.69, 9.17) is 16.3 Å². The van der Waals surface area contributed by atoms with Gasteiger partial charge in [-0.2, -0.15) is 0 Å². The fourth-order valence-corrected chi connectivity index (χ4v) is 1.99. The van der Waals surface area contributed by atoms with Gasteiger partial charge in [0.15, 0.2) is 0 Å². The van der Waals surface area contributed by atoms with Crippen LogP contribution in [0.1, 0.15) is 25.8 Å². The number of halogens is 2. The van der Waals surface area contributed by atoms with Crippen LogP contribution < -0.4 is 5.32 Å². The van der Waals surface area contributed by atoms with Crippen molar-refractivity contribution < 1.29 is 13.9 Å². The normalized spacial score (nSPS) is 12.5. The molecular formula is C14H19ClFNO2. The highest BCUT2D eigenvalue weighted by Gasteiger charge is 2.20. The summed E-state index contributed by atoms with van der Waals surface area (Å²) in [6.45, 7) is 4.26. The number of carbonyl (C=O) groups is 1. The minimum Gasteiger partial charge on any atom is -0.468 e. The topological polar surface area (TPSA) is 38.3 Å². The van der Waals surface area contributed by atoms with Crippen molar-refractivity contribution in [3.05, 3.63) is 34.6 Å². The largest absolute Gasteiger partial charge is 0.468 e. The van der Waals surface area contributed by atoms with Gasteiger partial charge in [0.1, 0.15) is 11.9 Å². The number of ether oxygens (including phenoxy) is 1. The van der Waals surface area contributed by atoms with E-state index in [1.165, 1.54) is 13.2 Å². The first kappa shape index (κ1) is 15.9. The molecule has 1 atom stereocenters. The number of carbonyl (C=O) groups excluding carboxylic acids is 1. The van der Waals surface area contributed by atoms with Gasteiger partial charge in [-0.05, 0) is 18.4 Å². The second-order valence-electron chi connectivity index (χ2n) is 4.80. The third kappa shape index (κ3) is 4.80. The van der Waals surface area contributed by atoms with Gasteiger partial charge in [0.2, 0.25) is 0 Å². The molecule has 0 saturated carbocycles. The van der Waals surface area contributed by atoms with Crippen molar-refractivity contribution in [2.75, 3.05) is 7.11 Å². The van der Waals surface area contributed by atoms with E-state index >= 15 is 0 Å². The van der Waals surface area contributed by atoms with Gasteiger partial charge in [-0.3, -0.25) is 4.79 Å². The predicted octanol–water partition coefficient (Wildman–Crippen LogP) is 3.16. The number of esters is 1. The Morgan fingerprint density at radius 3 is 2.74 bits per heavy atom. The maximum atomic E-state index is 13.7. The fraction of sp³-hybridized carbons (Fsp3) is 0.500. The van der Waals surface area contributed by atoms with Crippen LogP contribution in [-0.2, 0) is 16.1 Å². The van der Waals surface area contributed by atoms with E-state index in [0.717, 1.165) is 0 Å². The van der Waals surface area contributed by atoms with Crippen molar-refractivity contribution in [3.8, 4) is 0 Å². The van der Waals surface area contributed by atoms with E-state index in [2.05, 4.69) is 5.32 Å². The average Bonchev–Trinajstić information content (AvgIpc) is 2.37. The molecule has 19 heavy (non-hydrogen) atoms. The molecule has 3 nitrogen and oxygen atoms in total. The summed E-state index contributed by atoms with van der Waals surface area (Å²) in [5, 5.41) is 3.09. The highest BCUT2D eigenvalue weighted by atomic mass is 35.5. The molecule has 1 aromatic carbocycles. The first-order valence-corrected chi connectivity index (χ1v) is 6.57. The van der Waals surface area contributed by atoms with Gasteiger partial charge in [-0.15, -0.1) is 0 Å². The summed E-state index contributed by atoms with van der Waals surface area (Å²) in [5.41, 5.74) is 0.435. The summed E-state index contributed by atoms with van der Waals surface area (Å²) in [6.07, 6.45) is 0.634. The van der Waals surface area contributed by atoms with Crippen LogP contribution in [0, 0.1) is 11.7 Å². The molecule has 0 amide bonds. The van der Waals surface area contributed by atoms with Gasteiger partial charge in [-0.25, -0.2) is 4.39 Å². The molecule has 1 aromatic rings. The average molecular weight is 288 g/mol.